The molecule has 4 heteroatoms. The van der Waals surface area contributed by atoms with E-state index in [1.807, 2.05) is 0 Å². The molecule has 6 heavy (non-hydrogen) atoms. The van der Waals surface area contributed by atoms with Gasteiger partial charge in [0.1, 0.15) is 0 Å². The molecule has 0 amide bonds. The van der Waals surface area contributed by atoms with Gasteiger partial charge in [-0.2, -0.15) is 0 Å². The van der Waals surface area contributed by atoms with Gasteiger partial charge in [-0.05, 0) is 0 Å². The van der Waals surface area contributed by atoms with Crippen molar-refractivity contribution in [3.63, 3.8) is 0 Å². The number of nitrogens with zero attached hydrogens (tertiary/aromatic N) is 2. The molecule has 1 aliphatic rings. The first-order valence-corrected chi connectivity index (χ1v) is 1.56. The van der Waals surface area contributed by atoms with E-state index in [2.05, 4.69) is 21.3 Å². The average molecular weight is 84.1 g/mol. The summed E-state index contributed by atoms with van der Waals surface area (Å²) in [7, 11) is 0. The summed E-state index contributed by atoms with van der Waals surface area (Å²) in [5.74, 6) is 0. The molecule has 32 valence electrons. The fraction of sp³-hybridized carbons (Fsp3) is 0. The van der Waals surface area contributed by atoms with Crippen LogP contribution in [0.2, 0.25) is 0 Å². The molecule has 0 saturated heterocycles. The third-order valence-corrected chi connectivity index (χ3v) is 0.398. The molecule has 0 atom stereocenters. The minimum atomic E-state index is 1.65. The van der Waals surface area contributed by atoms with Crippen LogP contribution in [0.15, 0.2) is 22.8 Å². The fourth-order valence-corrected chi connectivity index (χ4v) is 0.199. The van der Waals surface area contributed by atoms with Gasteiger partial charge in [0, 0.05) is 12.4 Å². The fourth-order valence-electron chi connectivity index (χ4n) is 0.199. The normalized spacial score (nSPS) is 16.0. The summed E-state index contributed by atoms with van der Waals surface area (Å²) >= 11 is 0. The zero-order valence-electron chi connectivity index (χ0n) is 3.05. The summed E-state index contributed by atoms with van der Waals surface area (Å²) in [4.78, 5) is 0. The van der Waals surface area contributed by atoms with Crippen molar-refractivity contribution >= 4 is 0 Å². The van der Waals surface area contributed by atoms with E-state index in [0.29, 0.717) is 0 Å². The third-order valence-electron chi connectivity index (χ3n) is 0.398. The van der Waals surface area contributed by atoms with Crippen LogP contribution >= 0.6 is 0 Å². The van der Waals surface area contributed by atoms with E-state index in [0.717, 1.165) is 0 Å². The van der Waals surface area contributed by atoms with Gasteiger partial charge in [0.25, 0.3) is 0 Å². The minimum absolute atomic E-state index is 1.65. The van der Waals surface area contributed by atoms with E-state index in [1.54, 1.807) is 12.4 Å². The highest BCUT2D eigenvalue weighted by atomic mass is 15.6. The maximum absolute atomic E-state index is 3.35. The molecule has 1 heterocycles. The second-order valence-corrected chi connectivity index (χ2v) is 0.792. The van der Waals surface area contributed by atoms with Crippen molar-refractivity contribution in [2.75, 3.05) is 0 Å². The quantitative estimate of drug-likeness (QED) is 0.431. The van der Waals surface area contributed by atoms with E-state index in [9.17, 15) is 0 Å². The molecule has 4 nitrogen and oxygen atoms in total. The Hall–Kier alpha value is -1.06. The summed E-state index contributed by atoms with van der Waals surface area (Å²) in [6.45, 7) is 0. The molecule has 0 aromatic heterocycles. The number of rotatable bonds is 0. The lowest BCUT2D eigenvalue weighted by molar-refractivity contribution is 0.709. The number of hydrogen-bond acceptors (Lipinski definition) is 4. The zero-order chi connectivity index (χ0) is 4.24. The number of hydrogen-bond donors (Lipinski definition) is 2. The van der Waals surface area contributed by atoms with Gasteiger partial charge in [-0.15, -0.1) is 0 Å². The monoisotopic (exact) mass is 84.0 g/mol. The van der Waals surface area contributed by atoms with Crippen LogP contribution in [0.1, 0.15) is 0 Å². The van der Waals surface area contributed by atoms with Gasteiger partial charge in [0.15, 0.2) is 0 Å². The van der Waals surface area contributed by atoms with Crippen LogP contribution in [0.5, 0.6) is 0 Å². The van der Waals surface area contributed by atoms with Crippen molar-refractivity contribution in [2.45, 2.75) is 0 Å². The summed E-state index contributed by atoms with van der Waals surface area (Å²) in [5, 5.41) is 6.71. The van der Waals surface area contributed by atoms with Crippen molar-refractivity contribution in [3.05, 3.63) is 12.4 Å². The Morgan fingerprint density at radius 1 is 1.00 bits per heavy atom. The molecule has 0 unspecified atom stereocenters. The van der Waals surface area contributed by atoms with Gasteiger partial charge < -0.3 is 0 Å². The predicted octanol–water partition coefficient (Wildman–Crippen LogP) is -0.0674. The minimum Gasteiger partial charge on any atom is -0.264 e. The Balaban J connectivity index is 2.40. The number of nitrogens with one attached hydrogen (secondary N) is 2. The Labute approximate surface area is 34.9 Å². The molecular formula is C2H4N4. The third kappa shape index (κ3) is 0.453. The lowest BCUT2D eigenvalue weighted by Gasteiger charge is -1.92. The van der Waals surface area contributed by atoms with Crippen molar-refractivity contribution in [2.24, 2.45) is 10.4 Å². The first-order chi connectivity index (χ1) is 3.00. The molecular weight excluding hydrogens is 80.0 g/mol. The van der Waals surface area contributed by atoms with E-state index in [1.165, 1.54) is 0 Å². The Kier molecular flexibility index (Phi) is 0.731. The Morgan fingerprint density at radius 2 is 1.50 bits per heavy atom. The SMILES string of the molecule is C1=CNN=NN1. The second kappa shape index (κ2) is 1.40. The maximum Gasteiger partial charge on any atom is 0.0395 e. The largest absolute Gasteiger partial charge is 0.264 e. The summed E-state index contributed by atoms with van der Waals surface area (Å²) in [6, 6.07) is 0. The second-order valence-electron chi connectivity index (χ2n) is 0.792. The van der Waals surface area contributed by atoms with Crippen molar-refractivity contribution < 1.29 is 0 Å². The predicted molar refractivity (Wildman–Crippen MR) is 20.3 cm³/mol. The molecule has 0 aromatic carbocycles. The van der Waals surface area contributed by atoms with E-state index in [4.69, 9.17) is 0 Å². The van der Waals surface area contributed by atoms with Crippen LogP contribution < -0.4 is 10.9 Å². The molecule has 0 radical (unpaired) electrons. The van der Waals surface area contributed by atoms with Crippen molar-refractivity contribution in [3.8, 4) is 0 Å². The molecule has 0 aromatic rings. The highest BCUT2D eigenvalue weighted by Crippen LogP contribution is 1.71. The van der Waals surface area contributed by atoms with Crippen LogP contribution in [-0.2, 0) is 0 Å². The summed E-state index contributed by atoms with van der Waals surface area (Å²) in [5.41, 5.74) is 5.00. The van der Waals surface area contributed by atoms with Gasteiger partial charge in [0.2, 0.25) is 0 Å². The molecule has 1 aliphatic heterocycles. The lowest BCUT2D eigenvalue weighted by Crippen LogP contribution is -2.04. The molecule has 0 fully saturated rings. The molecule has 1 rings (SSSR count). The standard InChI is InChI=1S/C2H4N4/c1-2-4-6-5-3-1/h1-2H,(H,3,6)(H,4,5). The van der Waals surface area contributed by atoms with Gasteiger partial charge in [0.05, 0.1) is 0 Å². The molecule has 0 saturated carbocycles. The Morgan fingerprint density at radius 3 is 1.67 bits per heavy atom. The van der Waals surface area contributed by atoms with E-state index in [-0.39, 0.29) is 0 Å². The smallest absolute Gasteiger partial charge is 0.0395 e. The van der Waals surface area contributed by atoms with Crippen LogP contribution in [0.25, 0.3) is 0 Å². The van der Waals surface area contributed by atoms with Crippen LogP contribution in [0, 0.1) is 0 Å². The van der Waals surface area contributed by atoms with Gasteiger partial charge in [-0.25, -0.2) is 0 Å². The van der Waals surface area contributed by atoms with Crippen LogP contribution in [0.4, 0.5) is 0 Å². The topological polar surface area (TPSA) is 48.8 Å². The molecule has 0 aliphatic carbocycles. The van der Waals surface area contributed by atoms with Gasteiger partial charge in [-0.1, -0.05) is 10.4 Å². The highest BCUT2D eigenvalue weighted by Gasteiger charge is 1.72. The first kappa shape index (κ1) is 3.14. The lowest BCUT2D eigenvalue weighted by atomic mass is 10.9. The van der Waals surface area contributed by atoms with Crippen LogP contribution in [-0.4, -0.2) is 0 Å². The van der Waals surface area contributed by atoms with E-state index >= 15 is 0 Å². The van der Waals surface area contributed by atoms with Gasteiger partial charge in [-0.3, -0.25) is 10.9 Å². The van der Waals surface area contributed by atoms with Crippen LogP contribution in [0.3, 0.4) is 0 Å². The summed E-state index contributed by atoms with van der Waals surface area (Å²) < 4.78 is 0. The average Bonchev–Trinajstić information content (AvgIpc) is 1.72. The first-order valence-electron chi connectivity index (χ1n) is 1.56. The molecule has 0 bridgehead atoms. The summed E-state index contributed by atoms with van der Waals surface area (Å²) in [6.07, 6.45) is 3.29. The molecule has 2 N–H and O–H groups in total. The molecule has 0 spiro atoms. The Bertz CT molecular complexity index is 63.5. The van der Waals surface area contributed by atoms with E-state index < -0.39 is 0 Å². The van der Waals surface area contributed by atoms with Crippen molar-refractivity contribution in [1.29, 1.82) is 0 Å². The highest BCUT2D eigenvalue weighted by molar-refractivity contribution is 4.74. The van der Waals surface area contributed by atoms with Gasteiger partial charge >= 0.3 is 0 Å². The van der Waals surface area contributed by atoms with Crippen molar-refractivity contribution in [1.82, 2.24) is 10.9 Å². The maximum atomic E-state index is 3.35. The zero-order valence-corrected chi connectivity index (χ0v) is 3.05.